The Morgan fingerprint density at radius 1 is 1.24 bits per heavy atom. The van der Waals surface area contributed by atoms with Crippen molar-refractivity contribution < 1.29 is 22.7 Å². The molecule has 1 aromatic carbocycles. The molecule has 6 heteroatoms. The number of carbonyl (C=O) groups is 1. The molecule has 1 aromatic rings. The van der Waals surface area contributed by atoms with Gasteiger partial charge in [-0.2, -0.15) is 0 Å². The minimum Gasteiger partial charge on any atom is -0.465 e. The molecule has 1 aliphatic carbocycles. The molecule has 1 fully saturated rings. The first-order valence-corrected chi connectivity index (χ1v) is 8.64. The lowest BCUT2D eigenvalue weighted by Gasteiger charge is -2.16. The molecule has 116 valence electrons. The van der Waals surface area contributed by atoms with Crippen molar-refractivity contribution >= 4 is 15.8 Å². The van der Waals surface area contributed by atoms with E-state index < -0.39 is 26.3 Å². The predicted molar refractivity (Wildman–Crippen MR) is 78.5 cm³/mol. The molecule has 0 amide bonds. The number of sulfone groups is 1. The molecule has 0 atom stereocenters. The van der Waals surface area contributed by atoms with Gasteiger partial charge in [-0.3, -0.25) is 4.79 Å². The van der Waals surface area contributed by atoms with Crippen LogP contribution >= 0.6 is 0 Å². The van der Waals surface area contributed by atoms with Crippen LogP contribution in [-0.2, 0) is 30.7 Å². The third kappa shape index (κ3) is 4.04. The van der Waals surface area contributed by atoms with Gasteiger partial charge in [0.25, 0.3) is 0 Å². The fraction of sp³-hybridized carbons (Fsp3) is 0.533. The third-order valence-corrected chi connectivity index (χ3v) is 6.02. The molecule has 0 unspecified atom stereocenters. The Balaban J connectivity index is 1.88. The van der Waals surface area contributed by atoms with E-state index in [-0.39, 0.29) is 13.2 Å². The zero-order valence-electron chi connectivity index (χ0n) is 12.1. The van der Waals surface area contributed by atoms with Crippen molar-refractivity contribution in [2.75, 3.05) is 19.0 Å². The van der Waals surface area contributed by atoms with E-state index >= 15 is 0 Å². The van der Waals surface area contributed by atoms with Crippen molar-refractivity contribution in [3.63, 3.8) is 0 Å². The molecule has 1 aliphatic rings. The minimum atomic E-state index is -3.52. The molecule has 0 bridgehead atoms. The van der Waals surface area contributed by atoms with E-state index in [1.54, 1.807) is 6.92 Å². The highest BCUT2D eigenvalue weighted by atomic mass is 32.2. The first kappa shape index (κ1) is 16.0. The number of carbonyl (C=O) groups excluding carboxylic acids is 1. The Kier molecular flexibility index (Phi) is 5.00. The van der Waals surface area contributed by atoms with E-state index in [0.717, 1.165) is 5.56 Å². The second-order valence-corrected chi connectivity index (χ2v) is 7.61. The van der Waals surface area contributed by atoms with Gasteiger partial charge in [-0.1, -0.05) is 30.3 Å². The summed E-state index contributed by atoms with van der Waals surface area (Å²) in [6.07, 6.45) is 1.09. The Labute approximate surface area is 125 Å². The van der Waals surface area contributed by atoms with Gasteiger partial charge in [0.05, 0.1) is 24.6 Å². The van der Waals surface area contributed by atoms with E-state index in [2.05, 4.69) is 0 Å². The van der Waals surface area contributed by atoms with Crippen molar-refractivity contribution in [3.8, 4) is 0 Å². The summed E-state index contributed by atoms with van der Waals surface area (Å²) in [7, 11) is -3.52. The van der Waals surface area contributed by atoms with E-state index in [1.165, 1.54) is 0 Å². The summed E-state index contributed by atoms with van der Waals surface area (Å²) in [5.74, 6) is -1.25. The maximum atomic E-state index is 12.3. The van der Waals surface area contributed by atoms with Crippen LogP contribution in [0.25, 0.3) is 0 Å². The molecule has 0 aliphatic heterocycles. The predicted octanol–water partition coefficient (Wildman–Crippen LogP) is 1.71. The quantitative estimate of drug-likeness (QED) is 0.684. The van der Waals surface area contributed by atoms with E-state index in [4.69, 9.17) is 9.47 Å². The SMILES string of the molecule is CCOC(=O)CS(=O)(=O)C1(COCc2ccccc2)CC1. The molecule has 5 nitrogen and oxygen atoms in total. The van der Waals surface area contributed by atoms with Crippen LogP contribution in [0.3, 0.4) is 0 Å². The topological polar surface area (TPSA) is 69.7 Å². The Morgan fingerprint density at radius 3 is 2.48 bits per heavy atom. The molecular formula is C15H20O5S. The molecule has 0 N–H and O–H groups in total. The van der Waals surface area contributed by atoms with Crippen LogP contribution in [0.4, 0.5) is 0 Å². The highest BCUT2D eigenvalue weighted by molar-refractivity contribution is 7.93. The average Bonchev–Trinajstić information content (AvgIpc) is 3.21. The van der Waals surface area contributed by atoms with Gasteiger partial charge in [-0.15, -0.1) is 0 Å². The number of benzene rings is 1. The average molecular weight is 312 g/mol. The Hall–Kier alpha value is -1.40. The molecular weight excluding hydrogens is 292 g/mol. The van der Waals surface area contributed by atoms with Gasteiger partial charge in [0.1, 0.15) is 5.75 Å². The summed E-state index contributed by atoms with van der Waals surface area (Å²) in [5.41, 5.74) is 0.996. The summed E-state index contributed by atoms with van der Waals surface area (Å²) in [5, 5.41) is 0. The van der Waals surface area contributed by atoms with Gasteiger partial charge in [-0.05, 0) is 25.3 Å². The molecule has 2 rings (SSSR count). The summed E-state index contributed by atoms with van der Waals surface area (Å²) in [4.78, 5) is 11.4. The number of hydrogen-bond acceptors (Lipinski definition) is 5. The smallest absolute Gasteiger partial charge is 0.321 e. The minimum absolute atomic E-state index is 0.129. The van der Waals surface area contributed by atoms with Crippen molar-refractivity contribution in [1.82, 2.24) is 0 Å². The normalized spacial score (nSPS) is 16.4. The summed E-state index contributed by atoms with van der Waals surface area (Å²) < 4.78 is 33.9. The highest BCUT2D eigenvalue weighted by Gasteiger charge is 2.55. The summed E-state index contributed by atoms with van der Waals surface area (Å²) in [6.45, 7) is 2.34. The molecule has 0 radical (unpaired) electrons. The first-order valence-electron chi connectivity index (χ1n) is 6.99. The molecule has 1 saturated carbocycles. The first-order chi connectivity index (χ1) is 9.99. The molecule has 0 spiro atoms. The van der Waals surface area contributed by atoms with E-state index in [0.29, 0.717) is 19.4 Å². The summed E-state index contributed by atoms with van der Waals surface area (Å²) >= 11 is 0. The third-order valence-electron chi connectivity index (χ3n) is 3.56. The lowest BCUT2D eigenvalue weighted by molar-refractivity contribution is -0.139. The van der Waals surface area contributed by atoms with E-state index in [1.807, 2.05) is 30.3 Å². The Morgan fingerprint density at radius 2 is 1.90 bits per heavy atom. The fourth-order valence-corrected chi connectivity index (χ4v) is 3.81. The maximum Gasteiger partial charge on any atom is 0.321 e. The number of ether oxygens (including phenoxy) is 2. The molecule has 0 saturated heterocycles. The van der Waals surface area contributed by atoms with Crippen LogP contribution in [0.1, 0.15) is 25.3 Å². The highest BCUT2D eigenvalue weighted by Crippen LogP contribution is 2.44. The van der Waals surface area contributed by atoms with Gasteiger partial charge in [0.15, 0.2) is 9.84 Å². The van der Waals surface area contributed by atoms with Crippen molar-refractivity contribution in [3.05, 3.63) is 35.9 Å². The Bertz CT molecular complexity index is 575. The van der Waals surface area contributed by atoms with Gasteiger partial charge < -0.3 is 9.47 Å². The van der Waals surface area contributed by atoms with Gasteiger partial charge in [-0.25, -0.2) is 8.42 Å². The standard InChI is InChI=1S/C15H20O5S/c1-2-20-14(16)11-21(17,18)15(8-9-15)12-19-10-13-6-4-3-5-7-13/h3-7H,2,8-12H2,1H3. The lowest BCUT2D eigenvalue weighted by atomic mass is 10.2. The molecule has 21 heavy (non-hydrogen) atoms. The maximum absolute atomic E-state index is 12.3. The van der Waals surface area contributed by atoms with Crippen LogP contribution in [-0.4, -0.2) is 38.1 Å². The molecule has 0 aromatic heterocycles. The van der Waals surface area contributed by atoms with Crippen LogP contribution in [0, 0.1) is 0 Å². The zero-order valence-corrected chi connectivity index (χ0v) is 12.9. The summed E-state index contributed by atoms with van der Waals surface area (Å²) in [6, 6.07) is 9.57. The molecule has 0 heterocycles. The second-order valence-electron chi connectivity index (χ2n) is 5.23. The number of hydrogen-bond donors (Lipinski definition) is 0. The van der Waals surface area contributed by atoms with Crippen molar-refractivity contribution in [2.45, 2.75) is 31.1 Å². The van der Waals surface area contributed by atoms with Crippen LogP contribution < -0.4 is 0 Å². The zero-order chi connectivity index (χ0) is 15.3. The van der Waals surface area contributed by atoms with Gasteiger partial charge in [0, 0.05) is 0 Å². The van der Waals surface area contributed by atoms with Gasteiger partial charge in [0.2, 0.25) is 0 Å². The fourth-order valence-electron chi connectivity index (χ4n) is 2.12. The van der Waals surface area contributed by atoms with Crippen molar-refractivity contribution in [1.29, 1.82) is 0 Å². The second kappa shape index (κ2) is 6.58. The van der Waals surface area contributed by atoms with Crippen molar-refractivity contribution in [2.24, 2.45) is 0 Å². The van der Waals surface area contributed by atoms with E-state index in [9.17, 15) is 13.2 Å². The number of rotatable bonds is 8. The van der Waals surface area contributed by atoms with Gasteiger partial charge >= 0.3 is 5.97 Å². The van der Waals surface area contributed by atoms with Crippen LogP contribution in [0.5, 0.6) is 0 Å². The monoisotopic (exact) mass is 312 g/mol. The lowest BCUT2D eigenvalue weighted by Crippen LogP contribution is -2.34. The largest absolute Gasteiger partial charge is 0.465 e. The van der Waals surface area contributed by atoms with Crippen LogP contribution in [0.2, 0.25) is 0 Å². The number of esters is 1. The van der Waals surface area contributed by atoms with Crippen LogP contribution in [0.15, 0.2) is 30.3 Å².